The van der Waals surface area contributed by atoms with E-state index in [1.165, 1.54) is 0 Å². The van der Waals surface area contributed by atoms with E-state index in [1.807, 2.05) is 25.1 Å². The van der Waals surface area contributed by atoms with Crippen molar-refractivity contribution < 1.29 is 13.9 Å². The van der Waals surface area contributed by atoms with Crippen LogP contribution in [-0.4, -0.2) is 18.4 Å². The van der Waals surface area contributed by atoms with Crippen LogP contribution in [0.25, 0.3) is 0 Å². The fraction of sp³-hybridized carbons (Fsp3) is 0.480. The van der Waals surface area contributed by atoms with Crippen LogP contribution < -0.4 is 15.8 Å². The van der Waals surface area contributed by atoms with Gasteiger partial charge in [-0.2, -0.15) is 0 Å². The molecule has 0 aliphatic rings. The molecule has 0 saturated heterocycles. The molecule has 2 atom stereocenters. The van der Waals surface area contributed by atoms with Crippen LogP contribution >= 0.6 is 11.6 Å². The number of nitrogens with two attached hydrogens (primary N) is 1. The average molecular weight is 449 g/mol. The van der Waals surface area contributed by atoms with Gasteiger partial charge in [-0.15, -0.1) is 0 Å². The number of halogens is 2. The van der Waals surface area contributed by atoms with Crippen molar-refractivity contribution in [3.8, 4) is 11.5 Å². The fourth-order valence-electron chi connectivity index (χ4n) is 3.84. The number of hydrogen-bond donors (Lipinski definition) is 2. The molecule has 0 amide bonds. The topological polar surface area (TPSA) is 64.4 Å². The lowest BCUT2D eigenvalue weighted by Gasteiger charge is -2.31. The molecule has 0 unspecified atom stereocenters. The highest BCUT2D eigenvalue weighted by molar-refractivity contribution is 6.32. The summed E-state index contributed by atoms with van der Waals surface area (Å²) in [7, 11) is 0. The maximum absolute atomic E-state index is 15.7. The minimum absolute atomic E-state index is 0.0230. The van der Waals surface area contributed by atoms with Gasteiger partial charge in [0.1, 0.15) is 11.5 Å². The maximum atomic E-state index is 15.7. The lowest BCUT2D eigenvalue weighted by Crippen LogP contribution is -2.36. The first-order valence-corrected chi connectivity index (χ1v) is 11.5. The number of ether oxygens (including phenoxy) is 1. The zero-order valence-electron chi connectivity index (χ0n) is 18.7. The molecule has 0 radical (unpaired) electrons. The molecule has 2 rings (SSSR count). The van der Waals surface area contributed by atoms with Crippen molar-refractivity contribution in [1.82, 2.24) is 5.32 Å². The summed E-state index contributed by atoms with van der Waals surface area (Å²) in [5.41, 5.74) is 6.01. The Labute approximate surface area is 190 Å². The fourth-order valence-corrected chi connectivity index (χ4v) is 4.02. The number of Topliss-reactive ketones (excluding diaryl/α,β-unsaturated/α-hetero) is 1. The second kappa shape index (κ2) is 12.8. The van der Waals surface area contributed by atoms with Crippen molar-refractivity contribution in [3.05, 3.63) is 58.9 Å². The smallest absolute Gasteiger partial charge is 0.181 e. The Balaban J connectivity index is 2.31. The Bertz CT molecular complexity index is 828. The molecule has 2 aromatic rings. The predicted molar refractivity (Wildman–Crippen MR) is 125 cm³/mol. The molecule has 0 fully saturated rings. The number of carbonyl (C=O) groups excluding carboxylic acids is 1. The van der Waals surface area contributed by atoms with Gasteiger partial charge in [0.2, 0.25) is 0 Å². The zero-order chi connectivity index (χ0) is 22.8. The molecule has 0 spiro atoms. The number of nitrogens with one attached hydrogen (secondary N) is 1. The van der Waals surface area contributed by atoms with Gasteiger partial charge in [0.15, 0.2) is 11.6 Å². The molecule has 31 heavy (non-hydrogen) atoms. The van der Waals surface area contributed by atoms with E-state index in [0.29, 0.717) is 37.1 Å². The Kier molecular flexibility index (Phi) is 10.4. The van der Waals surface area contributed by atoms with Gasteiger partial charge in [-0.05, 0) is 44.0 Å². The number of para-hydroxylation sites is 1. The van der Waals surface area contributed by atoms with Crippen LogP contribution in [0, 0.1) is 11.7 Å². The van der Waals surface area contributed by atoms with E-state index in [9.17, 15) is 4.79 Å². The second-order valence-electron chi connectivity index (χ2n) is 7.95. The highest BCUT2D eigenvalue weighted by Gasteiger charge is 2.28. The minimum atomic E-state index is -0.470. The monoisotopic (exact) mass is 448 g/mol. The standard InChI is InChI=1S/C25H34ClFN2O2/c1-4-18(5-2)24(29-17(3)16-19(30)10-9-15-28)21-13-14-22(26)25(23(21)27)31-20-11-7-6-8-12-20/h6-8,11-14,17-18,24,29H,4-5,9-10,15-16,28H2,1-3H3/t17-,24+/m0/s1. The first-order valence-electron chi connectivity index (χ1n) is 11.1. The molecule has 3 N–H and O–H groups in total. The summed E-state index contributed by atoms with van der Waals surface area (Å²) in [5, 5.41) is 3.72. The van der Waals surface area contributed by atoms with Crippen LogP contribution in [0.1, 0.15) is 64.5 Å². The molecular weight excluding hydrogens is 415 g/mol. The molecule has 0 heterocycles. The van der Waals surface area contributed by atoms with Gasteiger partial charge >= 0.3 is 0 Å². The van der Waals surface area contributed by atoms with Crippen LogP contribution in [0.4, 0.5) is 4.39 Å². The molecule has 0 aliphatic carbocycles. The van der Waals surface area contributed by atoms with E-state index in [4.69, 9.17) is 22.1 Å². The molecular formula is C25H34ClFN2O2. The highest BCUT2D eigenvalue weighted by atomic mass is 35.5. The summed E-state index contributed by atoms with van der Waals surface area (Å²) >= 11 is 6.29. The molecule has 0 aromatic heterocycles. The Morgan fingerprint density at radius 2 is 1.84 bits per heavy atom. The SMILES string of the molecule is CCC(CC)[C@@H](N[C@@H](C)CC(=O)CCCN)c1ccc(Cl)c(Oc2ccccc2)c1F. The third-order valence-corrected chi connectivity index (χ3v) is 5.85. The van der Waals surface area contributed by atoms with E-state index in [1.54, 1.807) is 24.3 Å². The van der Waals surface area contributed by atoms with Crippen LogP contribution in [0.3, 0.4) is 0 Å². The first-order chi connectivity index (χ1) is 14.9. The average Bonchev–Trinajstić information content (AvgIpc) is 2.76. The van der Waals surface area contributed by atoms with Crippen molar-refractivity contribution in [2.24, 2.45) is 11.7 Å². The summed E-state index contributed by atoms with van der Waals surface area (Å²) in [5.74, 6) is 0.434. The van der Waals surface area contributed by atoms with E-state index >= 15 is 4.39 Å². The molecule has 0 saturated carbocycles. The zero-order valence-corrected chi connectivity index (χ0v) is 19.4. The van der Waals surface area contributed by atoms with Gasteiger partial charge < -0.3 is 15.8 Å². The first kappa shape index (κ1) is 25.3. The largest absolute Gasteiger partial charge is 0.453 e. The lowest BCUT2D eigenvalue weighted by molar-refractivity contribution is -0.119. The van der Waals surface area contributed by atoms with Gasteiger partial charge in [-0.1, -0.05) is 62.6 Å². The summed E-state index contributed by atoms with van der Waals surface area (Å²) in [6.07, 6.45) is 3.30. The van der Waals surface area contributed by atoms with Crippen molar-refractivity contribution in [1.29, 1.82) is 0 Å². The van der Waals surface area contributed by atoms with Crippen LogP contribution in [0.5, 0.6) is 11.5 Å². The summed E-state index contributed by atoms with van der Waals surface area (Å²) in [4.78, 5) is 12.2. The molecule has 0 bridgehead atoms. The number of benzene rings is 2. The van der Waals surface area contributed by atoms with Crippen molar-refractivity contribution >= 4 is 17.4 Å². The molecule has 6 heteroatoms. The Hall–Kier alpha value is -1.95. The molecule has 170 valence electrons. The number of rotatable bonds is 13. The summed E-state index contributed by atoms with van der Waals surface area (Å²) < 4.78 is 21.4. The highest BCUT2D eigenvalue weighted by Crippen LogP contribution is 2.39. The van der Waals surface area contributed by atoms with E-state index in [0.717, 1.165) is 12.8 Å². The third kappa shape index (κ3) is 7.30. The van der Waals surface area contributed by atoms with E-state index in [-0.39, 0.29) is 34.6 Å². The normalized spacial score (nSPS) is 13.3. The van der Waals surface area contributed by atoms with Gasteiger partial charge in [0, 0.05) is 30.5 Å². The van der Waals surface area contributed by atoms with Crippen molar-refractivity contribution in [2.75, 3.05) is 6.54 Å². The van der Waals surface area contributed by atoms with Crippen molar-refractivity contribution in [2.45, 2.75) is 65.0 Å². The van der Waals surface area contributed by atoms with Gasteiger partial charge in [0.25, 0.3) is 0 Å². The van der Waals surface area contributed by atoms with Crippen LogP contribution in [0.2, 0.25) is 5.02 Å². The predicted octanol–water partition coefficient (Wildman–Crippen LogP) is 6.42. The number of hydrogen-bond acceptors (Lipinski definition) is 4. The van der Waals surface area contributed by atoms with E-state index in [2.05, 4.69) is 19.2 Å². The molecule has 4 nitrogen and oxygen atoms in total. The number of ketones is 1. The van der Waals surface area contributed by atoms with Crippen LogP contribution in [-0.2, 0) is 4.79 Å². The second-order valence-corrected chi connectivity index (χ2v) is 8.36. The summed E-state index contributed by atoms with van der Waals surface area (Å²) in [6.45, 7) is 6.65. The third-order valence-electron chi connectivity index (χ3n) is 5.55. The van der Waals surface area contributed by atoms with Crippen LogP contribution in [0.15, 0.2) is 42.5 Å². The molecule has 0 aliphatic heterocycles. The van der Waals surface area contributed by atoms with E-state index < -0.39 is 5.82 Å². The van der Waals surface area contributed by atoms with Gasteiger partial charge in [0.05, 0.1) is 5.02 Å². The van der Waals surface area contributed by atoms with Crippen molar-refractivity contribution in [3.63, 3.8) is 0 Å². The molecule has 2 aromatic carbocycles. The quantitative estimate of drug-likeness (QED) is 0.370. The van der Waals surface area contributed by atoms with Gasteiger partial charge in [-0.3, -0.25) is 4.79 Å². The Morgan fingerprint density at radius 3 is 2.45 bits per heavy atom. The minimum Gasteiger partial charge on any atom is -0.453 e. The summed E-state index contributed by atoms with van der Waals surface area (Å²) in [6, 6.07) is 12.1. The Morgan fingerprint density at radius 1 is 1.16 bits per heavy atom. The van der Waals surface area contributed by atoms with Gasteiger partial charge in [-0.25, -0.2) is 4.39 Å². The lowest BCUT2D eigenvalue weighted by atomic mass is 9.87. The number of carbonyl (C=O) groups is 1. The maximum Gasteiger partial charge on any atom is 0.181 e.